The van der Waals surface area contributed by atoms with Crippen LogP contribution in [0, 0.1) is 0 Å². The van der Waals surface area contributed by atoms with Crippen molar-refractivity contribution >= 4 is 5.91 Å². The third-order valence-corrected chi connectivity index (χ3v) is 5.41. The van der Waals surface area contributed by atoms with Crippen molar-refractivity contribution in [3.63, 3.8) is 0 Å². The molecule has 5 heteroatoms. The highest BCUT2D eigenvalue weighted by Crippen LogP contribution is 2.23. The van der Waals surface area contributed by atoms with Crippen LogP contribution in [0.25, 0.3) is 0 Å². The lowest BCUT2D eigenvalue weighted by Crippen LogP contribution is -2.39. The summed E-state index contributed by atoms with van der Waals surface area (Å²) in [6.45, 7) is 12.5. The molecule has 1 fully saturated rings. The van der Waals surface area contributed by atoms with E-state index in [1.807, 2.05) is 29.2 Å². The molecule has 0 radical (unpaired) electrons. The second-order valence-corrected chi connectivity index (χ2v) is 8.72. The van der Waals surface area contributed by atoms with Crippen LogP contribution in [-0.4, -0.2) is 60.1 Å². The molecule has 1 aliphatic rings. The molecule has 2 aromatic rings. The molecule has 1 aliphatic heterocycles. The molecular weight excluding hydrogens is 362 g/mol. The summed E-state index contributed by atoms with van der Waals surface area (Å²) < 4.78 is 5.42. The van der Waals surface area contributed by atoms with Gasteiger partial charge in [-0.25, -0.2) is 0 Å². The van der Waals surface area contributed by atoms with Gasteiger partial charge in [-0.15, -0.1) is 0 Å². The fourth-order valence-electron chi connectivity index (χ4n) is 3.57. The van der Waals surface area contributed by atoms with Gasteiger partial charge in [0, 0.05) is 50.7 Å². The van der Waals surface area contributed by atoms with Crippen molar-refractivity contribution in [2.75, 3.05) is 39.4 Å². The Bertz CT molecular complexity index is 763. The Hall–Kier alpha value is -2.24. The maximum atomic E-state index is 13.3. The number of carbonyl (C=O) groups is 1. The Balaban J connectivity index is 1.68. The van der Waals surface area contributed by atoms with Crippen molar-refractivity contribution in [1.82, 2.24) is 14.8 Å². The van der Waals surface area contributed by atoms with Crippen LogP contribution in [0.2, 0.25) is 0 Å². The van der Waals surface area contributed by atoms with Gasteiger partial charge in [-0.3, -0.25) is 14.7 Å². The molecule has 1 aromatic carbocycles. The number of nitrogens with zero attached hydrogens (tertiary/aromatic N) is 3. The standard InChI is InChI=1S/C24H33N3O2/c1-24(2,3)22-7-5-21(6-8-22)23(28)27(19-20-9-11-25-12-10-20)14-4-13-26-15-17-29-18-16-26/h5-12H,4,13-19H2,1-3H3. The summed E-state index contributed by atoms with van der Waals surface area (Å²) in [6, 6.07) is 12.0. The predicted molar refractivity (Wildman–Crippen MR) is 116 cm³/mol. The zero-order chi connectivity index (χ0) is 20.7. The normalized spacial score (nSPS) is 15.3. The topological polar surface area (TPSA) is 45.7 Å². The minimum absolute atomic E-state index is 0.0798. The van der Waals surface area contributed by atoms with Gasteiger partial charge >= 0.3 is 0 Å². The summed E-state index contributed by atoms with van der Waals surface area (Å²) in [5, 5.41) is 0. The fourth-order valence-corrected chi connectivity index (χ4v) is 3.57. The Kier molecular flexibility index (Phi) is 7.40. The molecule has 0 bridgehead atoms. The quantitative estimate of drug-likeness (QED) is 0.716. The van der Waals surface area contributed by atoms with Crippen molar-refractivity contribution in [2.45, 2.75) is 39.2 Å². The SMILES string of the molecule is CC(C)(C)c1ccc(C(=O)N(CCCN2CCOCC2)Cc2ccncc2)cc1. The molecule has 0 aliphatic carbocycles. The monoisotopic (exact) mass is 395 g/mol. The number of ether oxygens (including phenoxy) is 1. The zero-order valence-electron chi connectivity index (χ0n) is 17.9. The van der Waals surface area contributed by atoms with Crippen LogP contribution >= 0.6 is 0 Å². The van der Waals surface area contributed by atoms with Gasteiger partial charge in [-0.05, 0) is 47.2 Å². The molecule has 2 heterocycles. The molecule has 5 nitrogen and oxygen atoms in total. The summed E-state index contributed by atoms with van der Waals surface area (Å²) in [5.41, 5.74) is 3.17. The van der Waals surface area contributed by atoms with Gasteiger partial charge in [-0.2, -0.15) is 0 Å². The average molecular weight is 396 g/mol. The fraction of sp³-hybridized carbons (Fsp3) is 0.500. The highest BCUT2D eigenvalue weighted by molar-refractivity contribution is 5.94. The van der Waals surface area contributed by atoms with E-state index >= 15 is 0 Å². The highest BCUT2D eigenvalue weighted by atomic mass is 16.5. The van der Waals surface area contributed by atoms with Gasteiger partial charge in [0.15, 0.2) is 0 Å². The molecule has 1 aromatic heterocycles. The van der Waals surface area contributed by atoms with E-state index < -0.39 is 0 Å². The van der Waals surface area contributed by atoms with Crippen LogP contribution in [0.5, 0.6) is 0 Å². The van der Waals surface area contributed by atoms with Crippen LogP contribution in [0.1, 0.15) is 48.7 Å². The van der Waals surface area contributed by atoms with Gasteiger partial charge in [0.2, 0.25) is 0 Å². The number of benzene rings is 1. The zero-order valence-corrected chi connectivity index (χ0v) is 17.9. The molecular formula is C24H33N3O2. The average Bonchev–Trinajstić information content (AvgIpc) is 2.73. The minimum Gasteiger partial charge on any atom is -0.379 e. The molecule has 29 heavy (non-hydrogen) atoms. The summed E-state index contributed by atoms with van der Waals surface area (Å²) in [6.07, 6.45) is 4.52. The Morgan fingerprint density at radius 1 is 1.07 bits per heavy atom. The van der Waals surface area contributed by atoms with Crippen molar-refractivity contribution in [1.29, 1.82) is 0 Å². The van der Waals surface area contributed by atoms with Gasteiger partial charge in [-0.1, -0.05) is 32.9 Å². The van der Waals surface area contributed by atoms with Crippen LogP contribution in [0.15, 0.2) is 48.8 Å². The number of hydrogen-bond donors (Lipinski definition) is 0. The lowest BCUT2D eigenvalue weighted by molar-refractivity contribution is 0.0355. The van der Waals surface area contributed by atoms with Gasteiger partial charge in [0.05, 0.1) is 13.2 Å². The predicted octanol–water partition coefficient (Wildman–Crippen LogP) is 3.74. The molecule has 3 rings (SSSR count). The summed E-state index contributed by atoms with van der Waals surface area (Å²) in [7, 11) is 0. The minimum atomic E-state index is 0.0798. The third-order valence-electron chi connectivity index (χ3n) is 5.41. The van der Waals surface area contributed by atoms with Crippen LogP contribution < -0.4 is 0 Å². The van der Waals surface area contributed by atoms with Gasteiger partial charge in [0.25, 0.3) is 5.91 Å². The highest BCUT2D eigenvalue weighted by Gasteiger charge is 2.19. The van der Waals surface area contributed by atoms with Crippen LogP contribution in [0.4, 0.5) is 0 Å². The molecule has 1 saturated heterocycles. The third kappa shape index (κ3) is 6.38. The first-order chi connectivity index (χ1) is 13.9. The van der Waals surface area contributed by atoms with Crippen molar-refractivity contribution in [2.24, 2.45) is 0 Å². The first-order valence-corrected chi connectivity index (χ1v) is 10.5. The number of morpholine rings is 1. The van der Waals surface area contributed by atoms with Gasteiger partial charge < -0.3 is 9.64 Å². The van der Waals surface area contributed by atoms with E-state index in [-0.39, 0.29) is 11.3 Å². The second kappa shape index (κ2) is 9.99. The maximum Gasteiger partial charge on any atom is 0.254 e. The number of hydrogen-bond acceptors (Lipinski definition) is 4. The Labute approximate surface area is 174 Å². The molecule has 0 saturated carbocycles. The largest absolute Gasteiger partial charge is 0.379 e. The lowest BCUT2D eigenvalue weighted by atomic mass is 9.86. The molecule has 0 unspecified atom stereocenters. The van der Waals surface area contributed by atoms with E-state index in [0.29, 0.717) is 6.54 Å². The summed E-state index contributed by atoms with van der Waals surface area (Å²) in [5.74, 6) is 0.0873. The molecule has 1 amide bonds. The van der Waals surface area contributed by atoms with E-state index in [1.54, 1.807) is 12.4 Å². The summed E-state index contributed by atoms with van der Waals surface area (Å²) in [4.78, 5) is 21.7. The number of pyridine rings is 1. The van der Waals surface area contributed by atoms with E-state index in [1.165, 1.54) is 5.56 Å². The van der Waals surface area contributed by atoms with Crippen LogP contribution in [-0.2, 0) is 16.7 Å². The Morgan fingerprint density at radius 2 is 1.72 bits per heavy atom. The second-order valence-electron chi connectivity index (χ2n) is 8.72. The number of carbonyl (C=O) groups excluding carboxylic acids is 1. The van der Waals surface area contributed by atoms with E-state index in [9.17, 15) is 4.79 Å². The number of amides is 1. The van der Waals surface area contributed by atoms with Crippen molar-refractivity contribution < 1.29 is 9.53 Å². The van der Waals surface area contributed by atoms with E-state index in [0.717, 1.165) is 56.9 Å². The van der Waals surface area contributed by atoms with Crippen molar-refractivity contribution in [3.05, 3.63) is 65.5 Å². The summed E-state index contributed by atoms with van der Waals surface area (Å²) >= 11 is 0. The molecule has 0 spiro atoms. The van der Waals surface area contributed by atoms with Gasteiger partial charge in [0.1, 0.15) is 0 Å². The smallest absolute Gasteiger partial charge is 0.254 e. The molecule has 0 atom stereocenters. The van der Waals surface area contributed by atoms with Crippen molar-refractivity contribution in [3.8, 4) is 0 Å². The van der Waals surface area contributed by atoms with Crippen LogP contribution in [0.3, 0.4) is 0 Å². The lowest BCUT2D eigenvalue weighted by Gasteiger charge is -2.28. The first kappa shape index (κ1) is 21.5. The van der Waals surface area contributed by atoms with E-state index in [4.69, 9.17) is 4.74 Å². The number of rotatable bonds is 7. The first-order valence-electron chi connectivity index (χ1n) is 10.5. The van der Waals surface area contributed by atoms with E-state index in [2.05, 4.69) is 42.8 Å². The number of aromatic nitrogens is 1. The maximum absolute atomic E-state index is 13.3. The Morgan fingerprint density at radius 3 is 2.34 bits per heavy atom. The molecule has 0 N–H and O–H groups in total. The molecule has 156 valence electrons.